The third kappa shape index (κ3) is 3.31. The van der Waals surface area contributed by atoms with E-state index in [1.54, 1.807) is 30.0 Å². The summed E-state index contributed by atoms with van der Waals surface area (Å²) in [5, 5.41) is 2.48. The third-order valence-electron chi connectivity index (χ3n) is 3.07. The van der Waals surface area contributed by atoms with E-state index in [9.17, 15) is 14.4 Å². The molecule has 7 heteroatoms. The Balaban J connectivity index is 1.92. The topological polar surface area (TPSA) is 82.6 Å². The van der Waals surface area contributed by atoms with Crippen LogP contribution in [0.5, 0.6) is 0 Å². The van der Waals surface area contributed by atoms with E-state index in [4.69, 9.17) is 0 Å². The molecule has 0 radical (unpaired) electrons. The zero-order chi connectivity index (χ0) is 14.5. The zero-order valence-electron chi connectivity index (χ0n) is 11.2. The molecule has 1 aromatic rings. The first kappa shape index (κ1) is 14.0. The van der Waals surface area contributed by atoms with Crippen LogP contribution in [0.15, 0.2) is 18.2 Å². The number of hydrogen-bond donors (Lipinski definition) is 1. The van der Waals surface area contributed by atoms with Gasteiger partial charge in [0.2, 0.25) is 6.41 Å². The highest BCUT2D eigenvalue weighted by molar-refractivity contribution is 6.39. The normalized spacial score (nSPS) is 14.8. The maximum absolute atomic E-state index is 12.0. The summed E-state index contributed by atoms with van der Waals surface area (Å²) >= 11 is 0. The maximum atomic E-state index is 12.0. The van der Waals surface area contributed by atoms with E-state index in [0.29, 0.717) is 32.0 Å². The first-order valence-corrected chi connectivity index (χ1v) is 6.33. The maximum Gasteiger partial charge on any atom is 0.315 e. The van der Waals surface area contributed by atoms with Crippen molar-refractivity contribution in [2.24, 2.45) is 0 Å². The average Bonchev–Trinajstić information content (AvgIpc) is 2.46. The highest BCUT2D eigenvalue weighted by atomic mass is 16.2. The second kappa shape index (κ2) is 6.14. The van der Waals surface area contributed by atoms with Gasteiger partial charge in [-0.05, 0) is 19.1 Å². The molecule has 1 aliphatic heterocycles. The fraction of sp³-hybridized carbons (Fsp3) is 0.385. The lowest BCUT2D eigenvalue weighted by molar-refractivity contribution is -0.144. The number of anilines is 1. The van der Waals surface area contributed by atoms with E-state index in [2.05, 4.69) is 10.3 Å². The van der Waals surface area contributed by atoms with Gasteiger partial charge in [-0.3, -0.25) is 14.4 Å². The monoisotopic (exact) mass is 276 g/mol. The highest BCUT2D eigenvalue weighted by Crippen LogP contribution is 2.05. The van der Waals surface area contributed by atoms with Gasteiger partial charge in [0.15, 0.2) is 0 Å². The number of amides is 3. The van der Waals surface area contributed by atoms with Crippen LogP contribution in [0.1, 0.15) is 5.69 Å². The largest absolute Gasteiger partial charge is 0.342 e. The second-order valence-corrected chi connectivity index (χ2v) is 4.55. The van der Waals surface area contributed by atoms with Crippen LogP contribution >= 0.6 is 0 Å². The number of pyridine rings is 1. The van der Waals surface area contributed by atoms with Crippen LogP contribution in [0, 0.1) is 6.92 Å². The molecule has 1 aliphatic rings. The van der Waals surface area contributed by atoms with E-state index in [0.717, 1.165) is 12.1 Å². The first-order valence-electron chi connectivity index (χ1n) is 6.33. The van der Waals surface area contributed by atoms with Crippen LogP contribution in [0.3, 0.4) is 0 Å². The SMILES string of the molecule is Cc1cccc(NC(=O)C(=O)N2CCN(C=O)CC2)n1. The van der Waals surface area contributed by atoms with E-state index in [-0.39, 0.29) is 0 Å². The minimum atomic E-state index is -0.706. The van der Waals surface area contributed by atoms with Gasteiger partial charge in [-0.25, -0.2) is 4.98 Å². The molecule has 2 rings (SSSR count). The van der Waals surface area contributed by atoms with Gasteiger partial charge in [0, 0.05) is 31.9 Å². The summed E-state index contributed by atoms with van der Waals surface area (Å²) in [5.41, 5.74) is 0.759. The van der Waals surface area contributed by atoms with Gasteiger partial charge < -0.3 is 15.1 Å². The first-order chi connectivity index (χ1) is 9.60. The van der Waals surface area contributed by atoms with Crippen molar-refractivity contribution in [3.63, 3.8) is 0 Å². The Labute approximate surface area is 116 Å². The van der Waals surface area contributed by atoms with Crippen LogP contribution in [0.4, 0.5) is 5.82 Å². The van der Waals surface area contributed by atoms with E-state index in [1.807, 2.05) is 0 Å². The van der Waals surface area contributed by atoms with E-state index >= 15 is 0 Å². The molecule has 106 valence electrons. The molecule has 0 spiro atoms. The van der Waals surface area contributed by atoms with Crippen LogP contribution in [0.2, 0.25) is 0 Å². The van der Waals surface area contributed by atoms with Crippen molar-refractivity contribution >= 4 is 24.0 Å². The Morgan fingerprint density at radius 2 is 1.95 bits per heavy atom. The number of aromatic nitrogens is 1. The van der Waals surface area contributed by atoms with E-state index < -0.39 is 11.8 Å². The Morgan fingerprint density at radius 3 is 2.55 bits per heavy atom. The molecule has 7 nitrogen and oxygen atoms in total. The predicted molar refractivity (Wildman–Crippen MR) is 71.8 cm³/mol. The predicted octanol–water partition coefficient (Wildman–Crippen LogP) is -0.371. The van der Waals surface area contributed by atoms with Crippen LogP contribution in [-0.2, 0) is 14.4 Å². The number of carbonyl (C=O) groups is 3. The van der Waals surface area contributed by atoms with Crippen molar-refractivity contribution in [1.82, 2.24) is 14.8 Å². The zero-order valence-corrected chi connectivity index (χ0v) is 11.2. The molecule has 1 fully saturated rings. The number of nitrogens with zero attached hydrogens (tertiary/aromatic N) is 3. The highest BCUT2D eigenvalue weighted by Gasteiger charge is 2.25. The molecule has 0 saturated carbocycles. The number of nitrogens with one attached hydrogen (secondary N) is 1. The number of carbonyl (C=O) groups excluding carboxylic acids is 3. The van der Waals surface area contributed by atoms with Gasteiger partial charge in [0.05, 0.1) is 0 Å². The Morgan fingerprint density at radius 1 is 1.25 bits per heavy atom. The lowest BCUT2D eigenvalue weighted by Crippen LogP contribution is -2.51. The molecule has 0 aromatic carbocycles. The number of rotatable bonds is 2. The minimum Gasteiger partial charge on any atom is -0.342 e. The van der Waals surface area contributed by atoms with Gasteiger partial charge in [-0.1, -0.05) is 6.07 Å². The number of hydrogen-bond acceptors (Lipinski definition) is 4. The summed E-state index contributed by atoms with van der Waals surface area (Å²) in [6.07, 6.45) is 0.749. The molecule has 1 N–H and O–H groups in total. The van der Waals surface area contributed by atoms with Gasteiger partial charge in [-0.15, -0.1) is 0 Å². The van der Waals surface area contributed by atoms with Crippen LogP contribution in [-0.4, -0.2) is 59.2 Å². The molecule has 0 aliphatic carbocycles. The molecule has 0 bridgehead atoms. The van der Waals surface area contributed by atoms with Crippen LogP contribution < -0.4 is 5.32 Å². The smallest absolute Gasteiger partial charge is 0.315 e. The van der Waals surface area contributed by atoms with Crippen LogP contribution in [0.25, 0.3) is 0 Å². The Hall–Kier alpha value is -2.44. The molecule has 0 atom stereocenters. The van der Waals surface area contributed by atoms with Gasteiger partial charge in [0.25, 0.3) is 0 Å². The number of piperazine rings is 1. The molecule has 2 heterocycles. The molecule has 3 amide bonds. The second-order valence-electron chi connectivity index (χ2n) is 4.55. The summed E-state index contributed by atoms with van der Waals surface area (Å²) in [4.78, 5) is 41.5. The lowest BCUT2D eigenvalue weighted by Gasteiger charge is -2.31. The van der Waals surface area contributed by atoms with Gasteiger partial charge in [0.1, 0.15) is 5.82 Å². The summed E-state index contributed by atoms with van der Waals surface area (Å²) in [6.45, 7) is 3.44. The summed E-state index contributed by atoms with van der Waals surface area (Å²) in [7, 11) is 0. The molecular weight excluding hydrogens is 260 g/mol. The summed E-state index contributed by atoms with van der Waals surface area (Å²) in [5.74, 6) is -0.948. The van der Waals surface area contributed by atoms with Crippen molar-refractivity contribution in [3.05, 3.63) is 23.9 Å². The van der Waals surface area contributed by atoms with Crippen molar-refractivity contribution in [3.8, 4) is 0 Å². The average molecular weight is 276 g/mol. The molecule has 1 saturated heterocycles. The minimum absolute atomic E-state index is 0.356. The number of aryl methyl sites for hydroxylation is 1. The summed E-state index contributed by atoms with van der Waals surface area (Å²) in [6, 6.07) is 5.18. The van der Waals surface area contributed by atoms with Gasteiger partial charge >= 0.3 is 11.8 Å². The van der Waals surface area contributed by atoms with Crippen molar-refractivity contribution in [1.29, 1.82) is 0 Å². The summed E-state index contributed by atoms with van der Waals surface area (Å²) < 4.78 is 0. The molecule has 0 unspecified atom stereocenters. The van der Waals surface area contributed by atoms with Crippen molar-refractivity contribution in [2.75, 3.05) is 31.5 Å². The Bertz CT molecular complexity index is 524. The molecular formula is C13H16N4O3. The lowest BCUT2D eigenvalue weighted by atomic mass is 10.3. The Kier molecular flexibility index (Phi) is 4.29. The third-order valence-corrected chi connectivity index (χ3v) is 3.07. The standard InChI is InChI=1S/C13H16N4O3/c1-10-3-2-4-11(14-10)15-12(19)13(20)17-7-5-16(9-18)6-8-17/h2-4,9H,5-8H2,1H3,(H,14,15,19). The fourth-order valence-corrected chi connectivity index (χ4v) is 1.96. The van der Waals surface area contributed by atoms with E-state index in [1.165, 1.54) is 4.90 Å². The van der Waals surface area contributed by atoms with Crippen molar-refractivity contribution < 1.29 is 14.4 Å². The fourth-order valence-electron chi connectivity index (χ4n) is 1.96. The quantitative estimate of drug-likeness (QED) is 0.590. The van der Waals surface area contributed by atoms with Gasteiger partial charge in [-0.2, -0.15) is 0 Å². The van der Waals surface area contributed by atoms with Crippen molar-refractivity contribution in [2.45, 2.75) is 6.92 Å². The molecule has 1 aromatic heterocycles. The molecule has 20 heavy (non-hydrogen) atoms.